The highest BCUT2D eigenvalue weighted by Crippen LogP contribution is 2.35. The van der Waals surface area contributed by atoms with E-state index in [0.717, 1.165) is 72.4 Å². The number of hydrogen-bond donors (Lipinski definition) is 15. The van der Waals surface area contributed by atoms with E-state index in [4.69, 9.17) is 15.2 Å². The van der Waals surface area contributed by atoms with Gasteiger partial charge in [0.1, 0.15) is 58.5 Å². The van der Waals surface area contributed by atoms with E-state index in [0.29, 0.717) is 15.6 Å². The zero-order chi connectivity index (χ0) is 67.7. The second kappa shape index (κ2) is 31.1. The van der Waals surface area contributed by atoms with Gasteiger partial charge in [-0.3, -0.25) is 38.4 Å². The predicted octanol–water partition coefficient (Wildman–Crippen LogP) is -2.42. The van der Waals surface area contributed by atoms with Crippen LogP contribution in [0.5, 0.6) is 11.5 Å². The molecule has 32 nitrogen and oxygen atoms in total. The quantitative estimate of drug-likeness (QED) is 0.0199. The highest BCUT2D eigenvalue weighted by atomic mass is 32.2. The molecule has 4 aliphatic heterocycles. The number of β-amino-alcohol motifs (C(OH)–C–C–N with tert-alkyl or cyclic N) is 1. The van der Waals surface area contributed by atoms with Gasteiger partial charge in [0.25, 0.3) is 18.2 Å². The van der Waals surface area contributed by atoms with Crippen LogP contribution in [0.2, 0.25) is 0 Å². The van der Waals surface area contributed by atoms with Crippen molar-refractivity contribution in [2.75, 3.05) is 55.6 Å². The van der Waals surface area contributed by atoms with Gasteiger partial charge in [0, 0.05) is 92.6 Å². The van der Waals surface area contributed by atoms with Gasteiger partial charge in [-0.25, -0.2) is 5.26 Å². The fraction of sp³-hybridized carbons (Fsp3) is 0.433. The molecule has 1 aromatic heterocycles. The molecule has 0 bridgehead atoms. The molecule has 8 amide bonds. The van der Waals surface area contributed by atoms with Crippen LogP contribution in [0, 0.1) is 5.92 Å². The third-order valence-electron chi connectivity index (χ3n) is 16.6. The van der Waals surface area contributed by atoms with Crippen molar-refractivity contribution in [1.82, 2.24) is 46.6 Å². The molecule has 5 heterocycles. The van der Waals surface area contributed by atoms with E-state index in [-0.39, 0.29) is 23.5 Å². The predicted molar refractivity (Wildman–Crippen MR) is 333 cm³/mol. The number of piperazine rings is 1. The zero-order valence-corrected chi connectivity index (χ0v) is 52.1. The Labute approximate surface area is 544 Å². The summed E-state index contributed by atoms with van der Waals surface area (Å²) in [6.07, 6.45) is -16.1. The van der Waals surface area contributed by atoms with Crippen molar-refractivity contribution in [2.45, 2.75) is 112 Å². The number of aromatic hydroxyl groups is 1. The van der Waals surface area contributed by atoms with E-state index < -0.39 is 183 Å². The number of nitrogens with zero attached hydrogens (tertiary/aromatic N) is 6. The van der Waals surface area contributed by atoms with Gasteiger partial charge in [0.2, 0.25) is 41.4 Å². The van der Waals surface area contributed by atoms with E-state index in [1.54, 1.807) is 12.1 Å². The van der Waals surface area contributed by atoms with Crippen molar-refractivity contribution in [3.63, 3.8) is 0 Å². The van der Waals surface area contributed by atoms with Gasteiger partial charge >= 0.3 is 0 Å². The maximum absolute atomic E-state index is 14.7. The Bertz CT molecular complexity index is 3520. The van der Waals surface area contributed by atoms with Gasteiger partial charge in [-0.15, -0.1) is 10.2 Å². The van der Waals surface area contributed by atoms with Crippen molar-refractivity contribution in [3.05, 3.63) is 108 Å². The highest BCUT2D eigenvalue weighted by Gasteiger charge is 2.50. The van der Waals surface area contributed by atoms with E-state index >= 15 is 0 Å². The summed E-state index contributed by atoms with van der Waals surface area (Å²) < 4.78 is 9.21. The van der Waals surface area contributed by atoms with E-state index in [1.807, 2.05) is 42.5 Å². The summed E-state index contributed by atoms with van der Waals surface area (Å²) >= 11 is 1.29. The molecule has 0 saturated carbocycles. The molecule has 4 saturated heterocycles. The molecule has 5 aromatic rings. The minimum Gasteiger partial charge on any atom is -0.504 e. The van der Waals surface area contributed by atoms with E-state index in [1.165, 1.54) is 36.1 Å². The Kier molecular flexibility index (Phi) is 23.0. The van der Waals surface area contributed by atoms with Gasteiger partial charge in [0.15, 0.2) is 11.5 Å². The van der Waals surface area contributed by atoms with Gasteiger partial charge in [-0.05, 0) is 73.2 Å². The van der Waals surface area contributed by atoms with Crippen molar-refractivity contribution in [2.24, 2.45) is 11.7 Å². The summed E-state index contributed by atoms with van der Waals surface area (Å²) in [7, 11) is 0. The zero-order valence-electron chi connectivity index (χ0n) is 50.5. The number of carbonyl (C=O) groups excluding carboxylic acids is 8. The standard InChI is InChI=1S/C60H72N12O20S2/c1-29-27-72-48(49(29)79)56(86)62-26-37(74)23-39(63-52(82)31-8-10-32(11-9-31)57-67-68-58(93-57)33-12-15-36(16-13-33)70-20-18-69(19-21-70)35-6-4-3-5-7-35)53(83)64-45(30(2)73)59(87)71-28-38(75)24-40(71)54(84)66-47(55(85)65-46(60(72)88)42(77)25-44(61)78)51(81)50(80)34-14-17-41(76)43(22-34)90-94-92-91-89/h3-17,22,29-30,37-40,42,45-51,73-77,79-81,89H,18-21,23-28H2,1-2H3,(H2,61,78)(H,62,86)(H,63,82)(H,64,83)(H,65,85)(H,66,84)/t29?,30?,37?,38?,39-,40?,42?,45?,46?,47?,48?,49?,50?,51?/m0/s1. The van der Waals surface area contributed by atoms with Crippen molar-refractivity contribution in [3.8, 4) is 32.6 Å². The summed E-state index contributed by atoms with van der Waals surface area (Å²) in [6, 6.07) is 15.0. The van der Waals surface area contributed by atoms with Crippen LogP contribution in [0.3, 0.4) is 0 Å². The number of amides is 8. The number of aliphatic hydroxyl groups is 7. The first-order valence-corrected chi connectivity index (χ1v) is 31.3. The number of nitrogens with two attached hydrogens (primary N) is 1. The number of fused-ring (bicyclic) bond motifs is 2. The second-order valence-corrected chi connectivity index (χ2v) is 24.6. The lowest BCUT2D eigenvalue weighted by atomic mass is 9.96. The maximum Gasteiger partial charge on any atom is 0.261 e. The summed E-state index contributed by atoms with van der Waals surface area (Å²) in [5.41, 5.74) is 8.71. The van der Waals surface area contributed by atoms with Gasteiger partial charge in [-0.2, -0.15) is 0 Å². The van der Waals surface area contributed by atoms with Crippen LogP contribution in [0.4, 0.5) is 11.4 Å². The summed E-state index contributed by atoms with van der Waals surface area (Å²) in [5, 5.41) is 124. The van der Waals surface area contributed by atoms with Crippen LogP contribution in [0.15, 0.2) is 97.1 Å². The summed E-state index contributed by atoms with van der Waals surface area (Å²) in [5.74, 6) is -11.9. The normalized spacial score (nSPS) is 25.7. The fourth-order valence-corrected chi connectivity index (χ4v) is 12.7. The Morgan fingerprint density at radius 2 is 1.32 bits per heavy atom. The first-order valence-electron chi connectivity index (χ1n) is 29.8. The molecule has 16 N–H and O–H groups in total. The maximum atomic E-state index is 14.7. The number of rotatable bonds is 17. The summed E-state index contributed by atoms with van der Waals surface area (Å²) in [4.78, 5) is 120. The molecule has 14 atom stereocenters. The lowest BCUT2D eigenvalue weighted by Gasteiger charge is -2.37. The lowest BCUT2D eigenvalue weighted by molar-refractivity contribution is -0.433. The molecule has 94 heavy (non-hydrogen) atoms. The number of hydrogen-bond acceptors (Lipinski definition) is 26. The third kappa shape index (κ3) is 16.5. The molecule has 34 heteroatoms. The number of nitrogens with one attached hydrogen (secondary N) is 5. The Hall–Kier alpha value is -8.65. The minimum absolute atomic E-state index is 0.00669. The first-order chi connectivity index (χ1) is 44.9. The van der Waals surface area contributed by atoms with Crippen LogP contribution in [-0.4, -0.2) is 232 Å². The Balaban J connectivity index is 0.973. The minimum atomic E-state index is -2.53. The molecule has 0 spiro atoms. The monoisotopic (exact) mass is 1340 g/mol. The molecular weight excluding hydrogens is 1270 g/mol. The number of anilines is 2. The molecule has 4 fully saturated rings. The third-order valence-corrected chi connectivity index (χ3v) is 18.0. The Morgan fingerprint density at radius 3 is 1.94 bits per heavy atom. The Morgan fingerprint density at radius 1 is 0.723 bits per heavy atom. The molecule has 4 aliphatic rings. The SMILES string of the molecule is CC(O)C1NC(=O)[C@@H](NC(=O)c2ccc(-c3nnc(-c4ccc(N5CCN(c6ccccc6)CC5)cc4)s3)cc2)CC(O)CNC(=O)C2C(O)C(C)CN2C(=O)C(C(O)CC(N)=O)NC(=O)C(C(O)C(O)c2ccc(O)c(OSOOO)c2)NC(=O)C2CC(O)CN2C1=O. The van der Waals surface area contributed by atoms with Crippen LogP contribution in [0.25, 0.3) is 21.1 Å². The molecular formula is C60H72N12O20S2. The average Bonchev–Trinajstić information content (AvgIpc) is 1.57. The van der Waals surface area contributed by atoms with Gasteiger partial charge < -0.3 is 97.0 Å². The molecule has 0 radical (unpaired) electrons. The number of aliphatic hydroxyl groups excluding tert-OH is 7. The average molecular weight is 1350 g/mol. The second-order valence-electron chi connectivity index (χ2n) is 23.2. The largest absolute Gasteiger partial charge is 0.504 e. The number of para-hydroxylation sites is 1. The number of primary amides is 1. The van der Waals surface area contributed by atoms with E-state index in [2.05, 4.69) is 68.1 Å². The lowest BCUT2D eigenvalue weighted by Crippen LogP contribution is -2.64. The molecule has 0 aliphatic carbocycles. The highest BCUT2D eigenvalue weighted by molar-refractivity contribution is 7.90. The number of carbonyl (C=O) groups is 8. The topological polar surface area (TPSA) is 471 Å². The van der Waals surface area contributed by atoms with Crippen LogP contribution < -0.4 is 46.3 Å². The number of aromatic nitrogens is 2. The number of phenolic OH excluding ortho intramolecular Hbond substituents is 1. The number of benzene rings is 4. The fourth-order valence-electron chi connectivity index (χ4n) is 11.6. The van der Waals surface area contributed by atoms with Crippen molar-refractivity contribution in [1.29, 1.82) is 0 Å². The van der Waals surface area contributed by atoms with Crippen molar-refractivity contribution >= 4 is 82.3 Å². The first kappa shape index (κ1) is 69.7. The smallest absolute Gasteiger partial charge is 0.261 e. The summed E-state index contributed by atoms with van der Waals surface area (Å²) in [6.45, 7) is 4.13. The molecule has 4 aromatic carbocycles. The number of phenols is 1. The van der Waals surface area contributed by atoms with Crippen LogP contribution >= 0.6 is 23.7 Å². The van der Waals surface area contributed by atoms with Gasteiger partial charge in [-0.1, -0.05) is 64.0 Å². The van der Waals surface area contributed by atoms with Crippen LogP contribution in [0.1, 0.15) is 55.1 Å². The molecule has 13 unspecified atom stereocenters. The molecule has 9 rings (SSSR count). The van der Waals surface area contributed by atoms with E-state index in [9.17, 15) is 79.2 Å². The van der Waals surface area contributed by atoms with Gasteiger partial charge in [0.05, 0.1) is 36.9 Å². The van der Waals surface area contributed by atoms with Crippen LogP contribution in [-0.2, 0) is 42.9 Å². The van der Waals surface area contributed by atoms with Crippen molar-refractivity contribution < 1.29 is 98.0 Å². The molecule has 504 valence electrons.